The molecule has 172 valence electrons. The Morgan fingerprint density at radius 3 is 2.66 bits per heavy atom. The Balaban J connectivity index is 1.84. The molecule has 10 heteroatoms. The van der Waals surface area contributed by atoms with Crippen molar-refractivity contribution in [3.05, 3.63) is 48.0 Å². The molecule has 2 N–H and O–H groups in total. The number of ether oxygens (including phenoxy) is 3. The molecule has 0 aliphatic rings. The highest BCUT2D eigenvalue weighted by molar-refractivity contribution is 8.00. The minimum Gasteiger partial charge on any atom is -0.489 e. The standard InChI is InChI=1S/C22H27FN4O4S/c1-15-11-17(27-32(3,4)28)13-19-21(15)22(25-14-24-19)26-18-6-5-16(23)12-20(18)31-10-9-30-8-7-29-2/h5-6,11-14H,3,7-10H2,1-2,4H3,(H,27,28)(H,24,25,26). The Kier molecular flexibility index (Phi) is 7.84. The number of methoxy groups -OCH3 is 1. The first-order valence-electron chi connectivity index (χ1n) is 9.88. The molecule has 3 aromatic rings. The number of anilines is 3. The van der Waals surface area contributed by atoms with E-state index >= 15 is 0 Å². The summed E-state index contributed by atoms with van der Waals surface area (Å²) in [4.78, 5) is 8.70. The fraction of sp³-hybridized carbons (Fsp3) is 0.318. The largest absolute Gasteiger partial charge is 0.489 e. The van der Waals surface area contributed by atoms with E-state index in [9.17, 15) is 8.60 Å². The third-order valence-electron chi connectivity index (χ3n) is 4.38. The van der Waals surface area contributed by atoms with Gasteiger partial charge in [0.05, 0.1) is 31.0 Å². The first-order chi connectivity index (χ1) is 15.3. The number of hydrogen-bond acceptors (Lipinski definition) is 7. The van der Waals surface area contributed by atoms with Crippen molar-refractivity contribution < 1.29 is 22.8 Å². The predicted octanol–water partition coefficient (Wildman–Crippen LogP) is 3.54. The lowest BCUT2D eigenvalue weighted by atomic mass is 10.1. The smallest absolute Gasteiger partial charge is 0.145 e. The Morgan fingerprint density at radius 2 is 1.91 bits per heavy atom. The van der Waals surface area contributed by atoms with Gasteiger partial charge in [-0.15, -0.1) is 0 Å². The number of fused-ring (bicyclic) bond motifs is 1. The van der Waals surface area contributed by atoms with Crippen LogP contribution in [0.25, 0.3) is 10.9 Å². The van der Waals surface area contributed by atoms with Crippen LogP contribution >= 0.6 is 0 Å². The summed E-state index contributed by atoms with van der Waals surface area (Å²) in [5, 5.41) is 4.00. The van der Waals surface area contributed by atoms with Crippen LogP contribution in [0.15, 0.2) is 36.7 Å². The van der Waals surface area contributed by atoms with Crippen molar-refractivity contribution in [3.8, 4) is 5.75 Å². The van der Waals surface area contributed by atoms with E-state index in [2.05, 4.69) is 25.9 Å². The molecule has 2 aromatic carbocycles. The van der Waals surface area contributed by atoms with Gasteiger partial charge in [-0.1, -0.05) is 0 Å². The van der Waals surface area contributed by atoms with Crippen LogP contribution < -0.4 is 14.8 Å². The van der Waals surface area contributed by atoms with E-state index in [-0.39, 0.29) is 6.61 Å². The van der Waals surface area contributed by atoms with Gasteiger partial charge in [-0.2, -0.15) is 0 Å². The topological polar surface area (TPSA) is 94.6 Å². The van der Waals surface area contributed by atoms with Gasteiger partial charge in [0.2, 0.25) is 0 Å². The maximum atomic E-state index is 13.8. The highest BCUT2D eigenvalue weighted by Crippen LogP contribution is 2.33. The van der Waals surface area contributed by atoms with Gasteiger partial charge in [-0.25, -0.2) is 18.6 Å². The summed E-state index contributed by atoms with van der Waals surface area (Å²) < 4.78 is 44.8. The average molecular weight is 463 g/mol. The SMILES string of the molecule is C=S(C)(=O)Nc1cc(C)c2c(Nc3ccc(F)cc3OCCOCCOC)ncnc2c1. The van der Waals surface area contributed by atoms with E-state index in [0.717, 1.165) is 10.9 Å². The lowest BCUT2D eigenvalue weighted by Gasteiger charge is -2.16. The Labute approximate surface area is 187 Å². The molecule has 0 saturated heterocycles. The van der Waals surface area contributed by atoms with E-state index in [1.54, 1.807) is 19.2 Å². The fourth-order valence-corrected chi connectivity index (χ4v) is 3.71. The van der Waals surface area contributed by atoms with Crippen LogP contribution in [0.2, 0.25) is 0 Å². The number of aromatic nitrogens is 2. The maximum Gasteiger partial charge on any atom is 0.145 e. The second-order valence-electron chi connectivity index (χ2n) is 7.24. The van der Waals surface area contributed by atoms with Crippen LogP contribution in [0.3, 0.4) is 0 Å². The molecule has 0 aliphatic carbocycles. The van der Waals surface area contributed by atoms with Crippen molar-refractivity contribution in [2.75, 3.05) is 49.8 Å². The van der Waals surface area contributed by atoms with Gasteiger partial charge in [0.15, 0.2) is 0 Å². The second-order valence-corrected chi connectivity index (χ2v) is 9.45. The van der Waals surface area contributed by atoms with Gasteiger partial charge in [-0.05, 0) is 42.6 Å². The van der Waals surface area contributed by atoms with Crippen molar-refractivity contribution in [2.45, 2.75) is 6.92 Å². The predicted molar refractivity (Wildman–Crippen MR) is 127 cm³/mol. The molecule has 1 atom stereocenters. The number of nitrogens with zero attached hydrogens (tertiary/aromatic N) is 2. The van der Waals surface area contributed by atoms with Gasteiger partial charge < -0.3 is 24.2 Å². The van der Waals surface area contributed by atoms with Crippen LogP contribution in [-0.2, 0) is 19.2 Å². The van der Waals surface area contributed by atoms with Crippen molar-refractivity contribution in [1.29, 1.82) is 0 Å². The lowest BCUT2D eigenvalue weighted by molar-refractivity contribution is 0.0545. The molecule has 0 spiro atoms. The quantitative estimate of drug-likeness (QED) is 0.332. The number of halogens is 1. The Bertz CT molecular complexity index is 1190. The van der Waals surface area contributed by atoms with E-state index in [4.69, 9.17) is 14.2 Å². The number of aryl methyl sites for hydroxylation is 1. The molecular formula is C22H27FN4O4S. The van der Waals surface area contributed by atoms with Crippen LogP contribution in [-0.4, -0.2) is 59.8 Å². The van der Waals surface area contributed by atoms with Gasteiger partial charge in [0, 0.05) is 40.2 Å². The second kappa shape index (κ2) is 10.6. The molecule has 1 heterocycles. The van der Waals surface area contributed by atoms with Crippen LogP contribution in [0.4, 0.5) is 21.6 Å². The number of hydrogen-bond donors (Lipinski definition) is 2. The molecule has 8 nitrogen and oxygen atoms in total. The highest BCUT2D eigenvalue weighted by Gasteiger charge is 2.13. The molecule has 0 radical (unpaired) electrons. The van der Waals surface area contributed by atoms with Crippen molar-refractivity contribution in [2.24, 2.45) is 0 Å². The lowest BCUT2D eigenvalue weighted by Crippen LogP contribution is -2.11. The van der Waals surface area contributed by atoms with Gasteiger partial charge >= 0.3 is 0 Å². The number of nitrogens with one attached hydrogen (secondary N) is 2. The molecule has 0 fully saturated rings. The highest BCUT2D eigenvalue weighted by atomic mass is 32.2. The molecule has 3 rings (SSSR count). The van der Waals surface area contributed by atoms with E-state index in [1.807, 2.05) is 13.0 Å². The normalized spacial score (nSPS) is 13.0. The molecular weight excluding hydrogens is 435 g/mol. The Morgan fingerprint density at radius 1 is 1.12 bits per heavy atom. The first-order valence-corrected chi connectivity index (χ1v) is 12.0. The molecule has 0 aliphatic heterocycles. The average Bonchev–Trinajstić information content (AvgIpc) is 2.71. The minimum atomic E-state index is -2.43. The zero-order valence-electron chi connectivity index (χ0n) is 18.3. The summed E-state index contributed by atoms with van der Waals surface area (Å²) in [5.41, 5.74) is 2.73. The van der Waals surface area contributed by atoms with Gasteiger partial charge in [-0.3, -0.25) is 0 Å². The number of rotatable bonds is 11. The minimum absolute atomic E-state index is 0.252. The molecule has 32 heavy (non-hydrogen) atoms. The molecule has 0 bridgehead atoms. The maximum absolute atomic E-state index is 13.8. The van der Waals surface area contributed by atoms with Crippen molar-refractivity contribution in [3.63, 3.8) is 0 Å². The summed E-state index contributed by atoms with van der Waals surface area (Å²) in [5.74, 6) is 4.09. The van der Waals surface area contributed by atoms with Gasteiger partial charge in [0.1, 0.15) is 30.3 Å². The summed E-state index contributed by atoms with van der Waals surface area (Å²) >= 11 is 0. The third-order valence-corrected chi connectivity index (χ3v) is 5.05. The summed E-state index contributed by atoms with van der Waals surface area (Å²) in [6.07, 6.45) is 2.95. The van der Waals surface area contributed by atoms with Crippen molar-refractivity contribution in [1.82, 2.24) is 9.97 Å². The van der Waals surface area contributed by atoms with Crippen LogP contribution in [0, 0.1) is 12.7 Å². The molecule has 1 aromatic heterocycles. The number of benzene rings is 2. The van der Waals surface area contributed by atoms with Crippen LogP contribution in [0.5, 0.6) is 5.75 Å². The summed E-state index contributed by atoms with van der Waals surface area (Å²) in [7, 11) is -0.825. The van der Waals surface area contributed by atoms with E-state index < -0.39 is 15.5 Å². The van der Waals surface area contributed by atoms with E-state index in [1.165, 1.54) is 24.7 Å². The Hall–Kier alpha value is -2.95. The molecule has 1 unspecified atom stereocenters. The third kappa shape index (κ3) is 6.52. The zero-order valence-corrected chi connectivity index (χ0v) is 19.1. The van der Waals surface area contributed by atoms with Crippen LogP contribution in [0.1, 0.15) is 5.56 Å². The monoisotopic (exact) mass is 462 g/mol. The molecule has 0 amide bonds. The van der Waals surface area contributed by atoms with Gasteiger partial charge in [0.25, 0.3) is 0 Å². The first kappa shape index (κ1) is 23.7. The fourth-order valence-electron chi connectivity index (χ4n) is 3.10. The zero-order chi connectivity index (χ0) is 23.1. The van der Waals surface area contributed by atoms with Crippen molar-refractivity contribution >= 4 is 43.7 Å². The van der Waals surface area contributed by atoms with E-state index in [0.29, 0.717) is 48.3 Å². The summed E-state index contributed by atoms with van der Waals surface area (Å²) in [6.45, 7) is 3.45. The molecule has 0 saturated carbocycles. The summed E-state index contributed by atoms with van der Waals surface area (Å²) in [6, 6.07) is 7.87.